The molecule has 0 radical (unpaired) electrons. The van der Waals surface area contributed by atoms with Gasteiger partial charge in [0.2, 0.25) is 0 Å². The molecule has 0 spiro atoms. The van der Waals surface area contributed by atoms with E-state index in [0.717, 1.165) is 5.56 Å². The van der Waals surface area contributed by atoms with Crippen molar-refractivity contribution < 1.29 is 24.5 Å². The Hall–Kier alpha value is -2.28. The monoisotopic (exact) mass is 282 g/mol. The highest BCUT2D eigenvalue weighted by molar-refractivity contribution is 5.82. The Morgan fingerprint density at radius 2 is 2.00 bits per heavy atom. The molecule has 0 saturated heterocycles. The van der Waals surface area contributed by atoms with Crippen molar-refractivity contribution in [2.45, 2.75) is 25.6 Å². The Bertz CT molecular complexity index is 476. The fraction of sp³-hybridized carbons (Fsp3) is 0.385. The van der Waals surface area contributed by atoms with Gasteiger partial charge in [0.25, 0.3) is 0 Å². The van der Waals surface area contributed by atoms with E-state index in [1.165, 1.54) is 14.0 Å². The third-order valence-electron chi connectivity index (χ3n) is 2.67. The van der Waals surface area contributed by atoms with Crippen LogP contribution in [0.15, 0.2) is 24.3 Å². The van der Waals surface area contributed by atoms with Crippen LogP contribution in [0.3, 0.4) is 0 Å². The molecule has 1 rings (SSSR count). The lowest BCUT2D eigenvalue weighted by molar-refractivity contribution is -0.141. The summed E-state index contributed by atoms with van der Waals surface area (Å²) in [6.45, 7) is 1.47. The van der Waals surface area contributed by atoms with E-state index < -0.39 is 24.1 Å². The minimum Gasteiger partial charge on any atom is -0.496 e. The SMILES string of the molecule is COc1ccccc1CNC(=O)NC(C(=O)O)C(C)O. The van der Waals surface area contributed by atoms with Crippen molar-refractivity contribution in [2.75, 3.05) is 7.11 Å². The van der Waals surface area contributed by atoms with E-state index in [-0.39, 0.29) is 6.54 Å². The van der Waals surface area contributed by atoms with E-state index >= 15 is 0 Å². The summed E-state index contributed by atoms with van der Waals surface area (Å²) in [6.07, 6.45) is -1.19. The van der Waals surface area contributed by atoms with E-state index in [0.29, 0.717) is 5.75 Å². The van der Waals surface area contributed by atoms with Gasteiger partial charge in [0.05, 0.1) is 13.2 Å². The first kappa shape index (κ1) is 15.8. The molecule has 0 bridgehead atoms. The maximum atomic E-state index is 11.6. The quantitative estimate of drug-likeness (QED) is 0.601. The van der Waals surface area contributed by atoms with Crippen LogP contribution in [-0.2, 0) is 11.3 Å². The predicted molar refractivity (Wildman–Crippen MR) is 71.5 cm³/mol. The number of carboxylic acids is 1. The van der Waals surface area contributed by atoms with E-state index in [1.54, 1.807) is 24.3 Å². The Kier molecular flexibility index (Phi) is 5.79. The zero-order valence-electron chi connectivity index (χ0n) is 11.3. The zero-order chi connectivity index (χ0) is 15.1. The minimum atomic E-state index is -1.35. The number of hydrogen-bond acceptors (Lipinski definition) is 4. The average Bonchev–Trinajstić information content (AvgIpc) is 2.42. The molecule has 0 fully saturated rings. The number of urea groups is 1. The molecule has 0 saturated carbocycles. The molecule has 20 heavy (non-hydrogen) atoms. The minimum absolute atomic E-state index is 0.183. The number of aliphatic carboxylic acids is 1. The second kappa shape index (κ2) is 7.34. The van der Waals surface area contributed by atoms with Crippen molar-refractivity contribution in [3.63, 3.8) is 0 Å². The number of nitrogens with one attached hydrogen (secondary N) is 2. The zero-order valence-corrected chi connectivity index (χ0v) is 11.3. The number of amides is 2. The van der Waals surface area contributed by atoms with Gasteiger partial charge >= 0.3 is 12.0 Å². The third-order valence-corrected chi connectivity index (χ3v) is 2.67. The van der Waals surface area contributed by atoms with Gasteiger partial charge in [-0.3, -0.25) is 0 Å². The van der Waals surface area contributed by atoms with Crippen LogP contribution < -0.4 is 15.4 Å². The van der Waals surface area contributed by atoms with Crippen LogP contribution in [0.2, 0.25) is 0 Å². The average molecular weight is 282 g/mol. The smallest absolute Gasteiger partial charge is 0.328 e. The number of para-hydroxylation sites is 1. The molecule has 0 aromatic heterocycles. The first-order valence-corrected chi connectivity index (χ1v) is 6.02. The lowest BCUT2D eigenvalue weighted by Crippen LogP contribution is -2.50. The maximum absolute atomic E-state index is 11.6. The molecule has 2 amide bonds. The summed E-state index contributed by atoms with van der Waals surface area (Å²) in [5.41, 5.74) is 0.758. The standard InChI is InChI=1S/C13H18N2O5/c1-8(16)11(12(17)18)15-13(19)14-7-9-5-3-4-6-10(9)20-2/h3-6,8,11,16H,7H2,1-2H3,(H,17,18)(H2,14,15,19). The van der Waals surface area contributed by atoms with Crippen LogP contribution in [0.1, 0.15) is 12.5 Å². The third kappa shape index (κ3) is 4.43. The number of carboxylic acid groups (broad SMARTS) is 1. The van der Waals surface area contributed by atoms with Crippen molar-refractivity contribution in [2.24, 2.45) is 0 Å². The molecule has 0 aliphatic carbocycles. The normalized spacial score (nSPS) is 13.2. The Morgan fingerprint density at radius 3 is 2.55 bits per heavy atom. The van der Waals surface area contributed by atoms with Crippen molar-refractivity contribution in [3.05, 3.63) is 29.8 Å². The Balaban J connectivity index is 2.57. The van der Waals surface area contributed by atoms with E-state index in [9.17, 15) is 14.7 Å². The topological polar surface area (TPSA) is 108 Å². The summed E-state index contributed by atoms with van der Waals surface area (Å²) in [6, 6.07) is 5.11. The van der Waals surface area contributed by atoms with Gasteiger partial charge < -0.3 is 25.6 Å². The maximum Gasteiger partial charge on any atom is 0.328 e. The number of rotatable bonds is 6. The fourth-order valence-electron chi connectivity index (χ4n) is 1.61. The molecule has 7 heteroatoms. The van der Waals surface area contributed by atoms with Crippen LogP contribution in [-0.4, -0.2) is 41.5 Å². The first-order valence-electron chi connectivity index (χ1n) is 6.02. The summed E-state index contributed by atoms with van der Waals surface area (Å²) >= 11 is 0. The van der Waals surface area contributed by atoms with Crippen LogP contribution in [0.25, 0.3) is 0 Å². The number of ether oxygens (including phenoxy) is 1. The van der Waals surface area contributed by atoms with Crippen molar-refractivity contribution in [1.29, 1.82) is 0 Å². The van der Waals surface area contributed by atoms with Gasteiger partial charge in [0.15, 0.2) is 6.04 Å². The second-order valence-corrected chi connectivity index (χ2v) is 4.20. The molecular formula is C13H18N2O5. The lowest BCUT2D eigenvalue weighted by atomic mass is 10.2. The molecule has 2 unspecified atom stereocenters. The van der Waals surface area contributed by atoms with Gasteiger partial charge in [0.1, 0.15) is 5.75 Å². The molecule has 0 aliphatic rings. The second-order valence-electron chi connectivity index (χ2n) is 4.20. The van der Waals surface area contributed by atoms with Crippen LogP contribution >= 0.6 is 0 Å². The van der Waals surface area contributed by atoms with Gasteiger partial charge in [-0.2, -0.15) is 0 Å². The van der Waals surface area contributed by atoms with Gasteiger partial charge in [-0.05, 0) is 13.0 Å². The molecule has 1 aromatic carbocycles. The van der Waals surface area contributed by atoms with Crippen molar-refractivity contribution >= 4 is 12.0 Å². The summed E-state index contributed by atoms with van der Waals surface area (Å²) in [5.74, 6) is -0.675. The van der Waals surface area contributed by atoms with Crippen molar-refractivity contribution in [3.8, 4) is 5.75 Å². The lowest BCUT2D eigenvalue weighted by Gasteiger charge is -2.17. The highest BCUT2D eigenvalue weighted by Crippen LogP contribution is 2.16. The van der Waals surface area contributed by atoms with Crippen LogP contribution in [0, 0.1) is 0 Å². The van der Waals surface area contributed by atoms with Crippen LogP contribution in [0.5, 0.6) is 5.75 Å². The summed E-state index contributed by atoms with van der Waals surface area (Å²) in [5, 5.41) is 22.8. The number of aliphatic hydroxyl groups is 1. The molecule has 4 N–H and O–H groups in total. The molecular weight excluding hydrogens is 264 g/mol. The van der Waals surface area contributed by atoms with Gasteiger partial charge in [0, 0.05) is 12.1 Å². The Morgan fingerprint density at radius 1 is 1.35 bits per heavy atom. The molecule has 7 nitrogen and oxygen atoms in total. The predicted octanol–water partition coefficient (Wildman–Crippen LogP) is 0.328. The summed E-state index contributed by atoms with van der Waals surface area (Å²) < 4.78 is 5.13. The van der Waals surface area contributed by atoms with Crippen LogP contribution in [0.4, 0.5) is 4.79 Å². The highest BCUT2D eigenvalue weighted by Gasteiger charge is 2.24. The Labute approximate surface area is 116 Å². The molecule has 110 valence electrons. The van der Waals surface area contributed by atoms with Crippen molar-refractivity contribution in [1.82, 2.24) is 10.6 Å². The highest BCUT2D eigenvalue weighted by atomic mass is 16.5. The van der Waals surface area contributed by atoms with Gasteiger partial charge in [-0.1, -0.05) is 18.2 Å². The molecule has 0 heterocycles. The summed E-state index contributed by atoms with van der Waals surface area (Å²) in [4.78, 5) is 22.4. The summed E-state index contributed by atoms with van der Waals surface area (Å²) in [7, 11) is 1.52. The molecule has 0 aliphatic heterocycles. The van der Waals surface area contributed by atoms with Gasteiger partial charge in [-0.15, -0.1) is 0 Å². The number of carbonyl (C=O) groups excluding carboxylic acids is 1. The number of methoxy groups -OCH3 is 1. The van der Waals surface area contributed by atoms with E-state index in [4.69, 9.17) is 9.84 Å². The number of carbonyl (C=O) groups is 2. The number of benzene rings is 1. The van der Waals surface area contributed by atoms with E-state index in [2.05, 4.69) is 10.6 Å². The van der Waals surface area contributed by atoms with Gasteiger partial charge in [-0.25, -0.2) is 9.59 Å². The first-order chi connectivity index (χ1) is 9.45. The largest absolute Gasteiger partial charge is 0.496 e. The number of aliphatic hydroxyl groups excluding tert-OH is 1. The molecule has 2 atom stereocenters. The number of hydrogen-bond donors (Lipinski definition) is 4. The van der Waals surface area contributed by atoms with E-state index in [1.807, 2.05) is 0 Å². The molecule has 1 aromatic rings. The fourth-order valence-corrected chi connectivity index (χ4v) is 1.61.